The summed E-state index contributed by atoms with van der Waals surface area (Å²) in [6, 6.07) is 0. The predicted octanol–water partition coefficient (Wildman–Crippen LogP) is 0.669. The molecule has 1 aromatic rings. The lowest BCUT2D eigenvalue weighted by Crippen LogP contribution is -2.11. The first-order chi connectivity index (χ1) is 7.56. The van der Waals surface area contributed by atoms with Crippen LogP contribution in [0.3, 0.4) is 0 Å². The molecule has 1 heterocycles. The fourth-order valence-corrected chi connectivity index (χ4v) is 1.08. The van der Waals surface area contributed by atoms with E-state index in [0.717, 1.165) is 0 Å². The predicted molar refractivity (Wildman–Crippen MR) is 55.7 cm³/mol. The van der Waals surface area contributed by atoms with Crippen molar-refractivity contribution < 1.29 is 19.7 Å². The number of nitrogens with zero attached hydrogens (tertiary/aromatic N) is 2. The molecule has 1 rings (SSSR count). The minimum atomic E-state index is -1.17. The Morgan fingerprint density at radius 1 is 1.56 bits per heavy atom. The molecule has 0 aliphatic heterocycles. The van der Waals surface area contributed by atoms with Crippen LogP contribution in [0.5, 0.6) is 5.75 Å². The van der Waals surface area contributed by atoms with E-state index >= 15 is 0 Å². The average Bonchev–Trinajstić information content (AvgIpc) is 2.25. The molecule has 2 N–H and O–H groups in total. The zero-order valence-electron chi connectivity index (χ0n) is 9.17. The van der Waals surface area contributed by atoms with Gasteiger partial charge in [0.2, 0.25) is 0 Å². The molecule has 0 spiro atoms. The lowest BCUT2D eigenvalue weighted by molar-refractivity contribution is 0.0683. The molecule has 1 aromatic heterocycles. The maximum Gasteiger partial charge on any atom is 0.358 e. The van der Waals surface area contributed by atoms with Gasteiger partial charge in [0.25, 0.3) is 0 Å². The molecule has 0 saturated carbocycles. The van der Waals surface area contributed by atoms with Crippen molar-refractivity contribution in [3.05, 3.63) is 17.7 Å². The summed E-state index contributed by atoms with van der Waals surface area (Å²) in [5.74, 6) is -0.595. The van der Waals surface area contributed by atoms with Crippen LogP contribution in [-0.4, -0.2) is 39.4 Å². The third-order valence-corrected chi connectivity index (χ3v) is 1.84. The van der Waals surface area contributed by atoms with E-state index in [0.29, 0.717) is 5.82 Å². The number of ether oxygens (including phenoxy) is 1. The van der Waals surface area contributed by atoms with Crippen LogP contribution in [0.4, 0.5) is 0 Å². The van der Waals surface area contributed by atoms with Crippen molar-refractivity contribution in [2.45, 2.75) is 19.8 Å². The molecule has 0 unspecified atom stereocenters. The van der Waals surface area contributed by atoms with Gasteiger partial charge in [0.05, 0.1) is 12.8 Å². The molecule has 0 fully saturated rings. The largest absolute Gasteiger partial charge is 0.487 e. The maximum absolute atomic E-state index is 10.9. The Hall–Kier alpha value is -1.69. The van der Waals surface area contributed by atoms with Crippen molar-refractivity contribution in [2.24, 2.45) is 0 Å². The standard InChI is InChI=1S/C10H14N2O4/c1-6(2)9-11-5-7(16-4-3-13)8(12-9)10(14)15/h5-6,13H,3-4H2,1-2H3,(H,14,15). The van der Waals surface area contributed by atoms with Crippen LogP contribution in [0.1, 0.15) is 36.1 Å². The lowest BCUT2D eigenvalue weighted by atomic mass is 10.2. The second-order valence-corrected chi connectivity index (χ2v) is 3.47. The molecule has 0 atom stereocenters. The molecule has 6 nitrogen and oxygen atoms in total. The molecule has 6 heteroatoms. The zero-order valence-corrected chi connectivity index (χ0v) is 9.17. The first-order valence-corrected chi connectivity index (χ1v) is 4.90. The van der Waals surface area contributed by atoms with Crippen molar-refractivity contribution in [1.29, 1.82) is 0 Å². The van der Waals surface area contributed by atoms with Crippen molar-refractivity contribution >= 4 is 5.97 Å². The van der Waals surface area contributed by atoms with Gasteiger partial charge in [-0.05, 0) is 0 Å². The lowest BCUT2D eigenvalue weighted by Gasteiger charge is -2.09. The number of carbonyl (C=O) groups is 1. The van der Waals surface area contributed by atoms with Gasteiger partial charge in [0.1, 0.15) is 12.4 Å². The second-order valence-electron chi connectivity index (χ2n) is 3.47. The summed E-state index contributed by atoms with van der Waals surface area (Å²) in [4.78, 5) is 18.8. The smallest absolute Gasteiger partial charge is 0.358 e. The van der Waals surface area contributed by atoms with E-state index in [1.807, 2.05) is 13.8 Å². The first kappa shape index (κ1) is 12.4. The fourth-order valence-electron chi connectivity index (χ4n) is 1.08. The summed E-state index contributed by atoms with van der Waals surface area (Å²) in [6.45, 7) is 3.57. The molecule has 0 saturated heterocycles. The summed E-state index contributed by atoms with van der Waals surface area (Å²) >= 11 is 0. The highest BCUT2D eigenvalue weighted by molar-refractivity contribution is 5.88. The van der Waals surface area contributed by atoms with Gasteiger partial charge in [-0.1, -0.05) is 13.8 Å². The molecular formula is C10H14N2O4. The maximum atomic E-state index is 10.9. The number of rotatable bonds is 5. The Balaban J connectivity index is 3.04. The van der Waals surface area contributed by atoms with Crippen molar-refractivity contribution in [1.82, 2.24) is 9.97 Å². The fraction of sp³-hybridized carbons (Fsp3) is 0.500. The van der Waals surface area contributed by atoms with Gasteiger partial charge in [-0.15, -0.1) is 0 Å². The Bertz CT molecular complexity index is 379. The van der Waals surface area contributed by atoms with Crippen LogP contribution in [0.2, 0.25) is 0 Å². The minimum absolute atomic E-state index is 0.0185. The molecular weight excluding hydrogens is 212 g/mol. The number of carboxylic acids is 1. The monoisotopic (exact) mass is 226 g/mol. The van der Waals surface area contributed by atoms with Gasteiger partial charge in [-0.3, -0.25) is 0 Å². The topological polar surface area (TPSA) is 92.5 Å². The van der Waals surface area contributed by atoms with Crippen LogP contribution in [-0.2, 0) is 0 Å². The van der Waals surface area contributed by atoms with Crippen LogP contribution in [0, 0.1) is 0 Å². The van der Waals surface area contributed by atoms with E-state index in [2.05, 4.69) is 9.97 Å². The number of aliphatic hydroxyl groups excluding tert-OH is 1. The van der Waals surface area contributed by atoms with Crippen LogP contribution >= 0.6 is 0 Å². The van der Waals surface area contributed by atoms with E-state index < -0.39 is 5.97 Å². The van der Waals surface area contributed by atoms with Crippen LogP contribution < -0.4 is 4.74 Å². The number of aliphatic hydroxyl groups is 1. The minimum Gasteiger partial charge on any atom is -0.487 e. The first-order valence-electron chi connectivity index (χ1n) is 4.90. The summed E-state index contributed by atoms with van der Waals surface area (Å²) in [5, 5.41) is 17.5. The van der Waals surface area contributed by atoms with Crippen molar-refractivity contribution in [3.8, 4) is 5.75 Å². The third-order valence-electron chi connectivity index (χ3n) is 1.84. The summed E-state index contributed by atoms with van der Waals surface area (Å²) in [5.41, 5.74) is -0.174. The molecule has 16 heavy (non-hydrogen) atoms. The molecule has 0 radical (unpaired) electrons. The molecule has 0 aliphatic carbocycles. The number of carboxylic acid groups (broad SMARTS) is 1. The molecule has 88 valence electrons. The van der Waals surface area contributed by atoms with Crippen LogP contribution in [0.15, 0.2) is 6.20 Å². The quantitative estimate of drug-likeness (QED) is 0.766. The molecule has 0 bridgehead atoms. The summed E-state index contributed by atoms with van der Waals surface area (Å²) in [6.07, 6.45) is 1.32. The normalized spacial score (nSPS) is 10.5. The zero-order chi connectivity index (χ0) is 12.1. The summed E-state index contributed by atoms with van der Waals surface area (Å²) in [7, 11) is 0. The van der Waals surface area contributed by atoms with Gasteiger partial charge in [-0.25, -0.2) is 14.8 Å². The van der Waals surface area contributed by atoms with Crippen molar-refractivity contribution in [3.63, 3.8) is 0 Å². The number of aromatic carboxylic acids is 1. The van der Waals surface area contributed by atoms with E-state index in [1.54, 1.807) is 0 Å². The SMILES string of the molecule is CC(C)c1ncc(OCCO)c(C(=O)O)n1. The van der Waals surface area contributed by atoms with E-state index in [-0.39, 0.29) is 30.6 Å². The van der Waals surface area contributed by atoms with Gasteiger partial charge in [0.15, 0.2) is 11.4 Å². The Morgan fingerprint density at radius 2 is 2.25 bits per heavy atom. The van der Waals surface area contributed by atoms with E-state index in [4.69, 9.17) is 14.9 Å². The third kappa shape index (κ3) is 2.90. The number of aromatic nitrogens is 2. The molecule has 0 aliphatic rings. The van der Waals surface area contributed by atoms with E-state index in [1.165, 1.54) is 6.20 Å². The van der Waals surface area contributed by atoms with E-state index in [9.17, 15) is 4.79 Å². The van der Waals surface area contributed by atoms with Crippen LogP contribution in [0.25, 0.3) is 0 Å². The number of hydrogen-bond donors (Lipinski definition) is 2. The average molecular weight is 226 g/mol. The Morgan fingerprint density at radius 3 is 2.75 bits per heavy atom. The van der Waals surface area contributed by atoms with Gasteiger partial charge in [-0.2, -0.15) is 0 Å². The Labute approximate surface area is 92.9 Å². The van der Waals surface area contributed by atoms with Gasteiger partial charge in [0, 0.05) is 5.92 Å². The van der Waals surface area contributed by atoms with Gasteiger partial charge < -0.3 is 14.9 Å². The second kappa shape index (κ2) is 5.41. The highest BCUT2D eigenvalue weighted by Gasteiger charge is 2.16. The molecule has 0 amide bonds. The highest BCUT2D eigenvalue weighted by atomic mass is 16.5. The highest BCUT2D eigenvalue weighted by Crippen LogP contribution is 2.18. The summed E-state index contributed by atoms with van der Waals surface area (Å²) < 4.78 is 5.03. The van der Waals surface area contributed by atoms with Gasteiger partial charge >= 0.3 is 5.97 Å². The molecule has 0 aromatic carbocycles. The van der Waals surface area contributed by atoms with Crippen molar-refractivity contribution in [2.75, 3.05) is 13.2 Å². The Kier molecular flexibility index (Phi) is 4.19. The number of hydrogen-bond acceptors (Lipinski definition) is 5.